The van der Waals surface area contributed by atoms with Crippen molar-refractivity contribution in [3.8, 4) is 0 Å². The van der Waals surface area contributed by atoms with Gasteiger partial charge in [0.2, 0.25) is 0 Å². The van der Waals surface area contributed by atoms with Crippen LogP contribution >= 0.6 is 46.2 Å². The molecule has 0 aliphatic carbocycles. The van der Waals surface area contributed by atoms with Crippen LogP contribution in [0.4, 0.5) is 0 Å². The molecular weight excluding hydrogens is 717 g/mol. The normalized spacial score (nSPS) is 13.8. The molecule has 8 rings (SSSR count). The minimum absolute atomic E-state index is 0.00848. The number of hydrogen-bond acceptors (Lipinski definition) is 6. The third kappa shape index (κ3) is 6.43. The fraction of sp³-hybridized carbons (Fsp3) is 0.455. The number of thioether (sulfide) groups is 2. The van der Waals surface area contributed by atoms with Crippen LogP contribution in [0.1, 0.15) is 88.8 Å². The van der Waals surface area contributed by atoms with Gasteiger partial charge >= 0.3 is 0 Å². The Morgan fingerprint density at radius 2 is 1.00 bits per heavy atom. The van der Waals surface area contributed by atoms with Crippen LogP contribution in [0.25, 0.3) is 63.8 Å². The monoisotopic (exact) mass is 766 g/mol. The van der Waals surface area contributed by atoms with Crippen LogP contribution in [0, 0.1) is 11.8 Å². The molecule has 4 nitrogen and oxygen atoms in total. The van der Waals surface area contributed by atoms with Crippen LogP contribution < -0.4 is 11.1 Å². The van der Waals surface area contributed by atoms with Gasteiger partial charge in [0.15, 0.2) is 0 Å². The van der Waals surface area contributed by atoms with E-state index in [0.29, 0.717) is 10.8 Å². The molecule has 0 aliphatic rings. The van der Waals surface area contributed by atoms with Crippen molar-refractivity contribution < 1.29 is 0 Å². The summed E-state index contributed by atoms with van der Waals surface area (Å²) < 4.78 is 6.18. The molecule has 8 aromatic rings. The maximum Gasteiger partial charge on any atom is 0.263 e. The zero-order valence-electron chi connectivity index (χ0n) is 31.0. The van der Waals surface area contributed by atoms with Gasteiger partial charge in [0, 0.05) is 42.1 Å². The summed E-state index contributed by atoms with van der Waals surface area (Å²) in [4.78, 5) is 31.3. The van der Waals surface area contributed by atoms with E-state index in [-0.39, 0.29) is 11.1 Å². The zero-order chi connectivity index (χ0) is 35.9. The van der Waals surface area contributed by atoms with E-state index in [1.807, 2.05) is 43.6 Å². The molecule has 0 spiro atoms. The minimum Gasteiger partial charge on any atom is -0.275 e. The molecule has 0 saturated heterocycles. The topological polar surface area (TPSA) is 43.0 Å². The van der Waals surface area contributed by atoms with Crippen LogP contribution in [0.5, 0.6) is 0 Å². The second-order valence-corrected chi connectivity index (χ2v) is 19.5. The van der Waals surface area contributed by atoms with E-state index in [1.54, 1.807) is 0 Å². The van der Waals surface area contributed by atoms with Crippen LogP contribution in [0.2, 0.25) is 0 Å². The third-order valence-corrected chi connectivity index (χ3v) is 16.1. The van der Waals surface area contributed by atoms with Crippen molar-refractivity contribution in [1.82, 2.24) is 8.80 Å². The van der Waals surface area contributed by atoms with Crippen molar-refractivity contribution in [2.45, 2.75) is 91.9 Å². The van der Waals surface area contributed by atoms with Gasteiger partial charge in [0.05, 0.1) is 31.5 Å². The SMILES string of the molecule is CCCCC(CC)CSCCc1cc2c(cc3c4ccc5c(=O)n6c7cc(CCSCC(CC)CCCC)sc7cc6c6ccc(c(=O)n23)c4c56)s1. The highest BCUT2D eigenvalue weighted by Gasteiger charge is 2.22. The fourth-order valence-corrected chi connectivity index (χ4v) is 13.3. The molecule has 8 heteroatoms. The Balaban J connectivity index is 1.10. The first kappa shape index (κ1) is 36.2. The Morgan fingerprint density at radius 1 is 0.577 bits per heavy atom. The van der Waals surface area contributed by atoms with E-state index in [9.17, 15) is 9.59 Å². The lowest BCUT2D eigenvalue weighted by Crippen LogP contribution is -2.16. The molecular formula is C44H50N2O2S4. The van der Waals surface area contributed by atoms with Crippen molar-refractivity contribution in [1.29, 1.82) is 0 Å². The number of fused-ring (bicyclic) bond motifs is 8. The summed E-state index contributed by atoms with van der Waals surface area (Å²) >= 11 is 7.81. The lowest BCUT2D eigenvalue weighted by Gasteiger charge is -2.13. The number of aryl methyl sites for hydroxylation is 2. The molecule has 6 heterocycles. The van der Waals surface area contributed by atoms with Crippen molar-refractivity contribution in [2.24, 2.45) is 11.8 Å². The van der Waals surface area contributed by atoms with E-state index in [4.69, 9.17) is 0 Å². The maximum atomic E-state index is 14.3. The van der Waals surface area contributed by atoms with Gasteiger partial charge in [-0.25, -0.2) is 0 Å². The van der Waals surface area contributed by atoms with E-state index < -0.39 is 0 Å². The number of nitrogens with zero attached hydrogens (tertiary/aromatic N) is 2. The first-order chi connectivity index (χ1) is 25.4. The van der Waals surface area contributed by atoms with Crippen LogP contribution in [0.3, 0.4) is 0 Å². The lowest BCUT2D eigenvalue weighted by molar-refractivity contribution is 0.499. The summed E-state index contributed by atoms with van der Waals surface area (Å²) in [5.41, 5.74) is 3.93. The minimum atomic E-state index is 0.00848. The van der Waals surface area contributed by atoms with Crippen molar-refractivity contribution in [3.63, 3.8) is 0 Å². The summed E-state index contributed by atoms with van der Waals surface area (Å²) in [5.74, 6) is 6.36. The van der Waals surface area contributed by atoms with Crippen LogP contribution in [0.15, 0.2) is 58.1 Å². The van der Waals surface area contributed by atoms with Crippen molar-refractivity contribution >= 4 is 110 Å². The van der Waals surface area contributed by atoms with Gasteiger partial charge in [-0.05, 0) is 96.9 Å². The maximum absolute atomic E-state index is 14.3. The van der Waals surface area contributed by atoms with Crippen molar-refractivity contribution in [3.05, 3.63) is 79.0 Å². The summed E-state index contributed by atoms with van der Waals surface area (Å²) in [5, 5.41) is 5.32. The molecule has 0 amide bonds. The van der Waals surface area contributed by atoms with Gasteiger partial charge in [0.1, 0.15) is 0 Å². The average molecular weight is 767 g/mol. The molecule has 0 fully saturated rings. The van der Waals surface area contributed by atoms with Crippen LogP contribution in [-0.2, 0) is 12.8 Å². The molecule has 0 N–H and O–H groups in total. The van der Waals surface area contributed by atoms with Gasteiger partial charge < -0.3 is 0 Å². The standard InChI is InChI=1S/C44H50N2O2S4/c1-5-9-11-27(7-3)25-49-19-17-29-21-37-39(51-29)23-35-31-13-16-34-42-32(14-15-33(41(31)42)43(47)45(35)37)36-24-40-38(46(36)44(34)48)22-30(52-40)18-20-50-26-28(8-4)12-10-6-2/h13-16,21-24,27-28H,5-12,17-20,25-26H2,1-4H3. The molecule has 6 aromatic heterocycles. The molecule has 0 aliphatic heterocycles. The number of thiophene rings is 2. The Bertz CT molecular complexity index is 2430. The van der Waals surface area contributed by atoms with E-state index in [0.717, 1.165) is 89.2 Å². The highest BCUT2D eigenvalue weighted by molar-refractivity contribution is 7.99. The number of benzene rings is 2. The smallest absolute Gasteiger partial charge is 0.263 e. The summed E-state index contributed by atoms with van der Waals surface area (Å²) in [6.45, 7) is 9.20. The summed E-state index contributed by atoms with van der Waals surface area (Å²) in [6.07, 6.45) is 12.5. The predicted octanol–water partition coefficient (Wildman–Crippen LogP) is 12.7. The van der Waals surface area contributed by atoms with E-state index in [1.165, 1.54) is 72.6 Å². The Kier molecular flexibility index (Phi) is 10.8. The number of unbranched alkanes of at least 4 members (excludes halogenated alkanes) is 2. The van der Waals surface area contributed by atoms with Gasteiger partial charge in [-0.1, -0.05) is 78.4 Å². The molecule has 0 radical (unpaired) electrons. The predicted molar refractivity (Wildman–Crippen MR) is 235 cm³/mol. The number of rotatable bonds is 18. The number of pyridine rings is 2. The Morgan fingerprint density at radius 3 is 1.40 bits per heavy atom. The molecule has 0 bridgehead atoms. The summed E-state index contributed by atoms with van der Waals surface area (Å²) in [6, 6.07) is 17.1. The Hall–Kier alpha value is -2.78. The molecule has 52 heavy (non-hydrogen) atoms. The number of aromatic nitrogens is 2. The quantitative estimate of drug-likeness (QED) is 0.0644. The molecule has 0 saturated carbocycles. The zero-order valence-corrected chi connectivity index (χ0v) is 34.3. The first-order valence-corrected chi connectivity index (χ1v) is 23.5. The second kappa shape index (κ2) is 15.5. The average Bonchev–Trinajstić information content (AvgIpc) is 3.92. The molecule has 272 valence electrons. The van der Waals surface area contributed by atoms with Crippen LogP contribution in [-0.4, -0.2) is 31.8 Å². The van der Waals surface area contributed by atoms with Gasteiger partial charge in [-0.15, -0.1) is 22.7 Å². The highest BCUT2D eigenvalue weighted by atomic mass is 32.2. The van der Waals surface area contributed by atoms with E-state index in [2.05, 4.69) is 87.6 Å². The van der Waals surface area contributed by atoms with Gasteiger partial charge in [0.25, 0.3) is 11.1 Å². The molecule has 2 unspecified atom stereocenters. The lowest BCUT2D eigenvalue weighted by atomic mass is 9.95. The largest absolute Gasteiger partial charge is 0.275 e. The molecule has 2 atom stereocenters. The Labute approximate surface area is 322 Å². The summed E-state index contributed by atoms with van der Waals surface area (Å²) in [7, 11) is 0. The van der Waals surface area contributed by atoms with Crippen molar-refractivity contribution in [2.75, 3.05) is 23.0 Å². The van der Waals surface area contributed by atoms with Gasteiger partial charge in [-0.3, -0.25) is 18.4 Å². The van der Waals surface area contributed by atoms with E-state index >= 15 is 0 Å². The number of hydrogen-bond donors (Lipinski definition) is 0. The highest BCUT2D eigenvalue weighted by Crippen LogP contribution is 2.40. The second-order valence-electron chi connectivity index (χ2n) is 14.8. The molecule has 2 aromatic carbocycles. The third-order valence-electron chi connectivity index (χ3n) is 11.4. The first-order valence-electron chi connectivity index (χ1n) is 19.6. The fourth-order valence-electron chi connectivity index (χ4n) is 8.33. The van der Waals surface area contributed by atoms with Gasteiger partial charge in [-0.2, -0.15) is 23.5 Å².